The molecular weight excluding hydrogens is 711 g/mol. The fraction of sp³-hybridized carbons (Fsp3) is 0.452. The van der Waals surface area contributed by atoms with E-state index in [0.29, 0.717) is 48.7 Å². The first kappa shape index (κ1) is 48.0. The third-order valence-electron chi connectivity index (χ3n) is 8.29. The van der Waals surface area contributed by atoms with Gasteiger partial charge in [0.2, 0.25) is 0 Å². The summed E-state index contributed by atoms with van der Waals surface area (Å²) < 4.78 is 55.7. The third-order valence-corrected chi connectivity index (χ3v) is 8.29. The molecule has 1 atom stereocenters. The van der Waals surface area contributed by atoms with Gasteiger partial charge in [0.1, 0.15) is 11.6 Å². The van der Waals surface area contributed by atoms with Gasteiger partial charge in [0.15, 0.2) is 5.96 Å². The van der Waals surface area contributed by atoms with E-state index < -0.39 is 6.36 Å². The van der Waals surface area contributed by atoms with Crippen molar-refractivity contribution in [1.82, 2.24) is 4.90 Å². The highest BCUT2D eigenvalue weighted by molar-refractivity contribution is 6.04. The average molecular weight is 772 g/mol. The van der Waals surface area contributed by atoms with Crippen LogP contribution in [0.3, 0.4) is 0 Å². The zero-order valence-corrected chi connectivity index (χ0v) is 33.7. The highest BCUT2D eigenvalue weighted by Gasteiger charge is 2.31. The number of benzene rings is 3. The minimum absolute atomic E-state index is 0.0515. The average Bonchev–Trinajstić information content (AvgIpc) is 3.17. The molecule has 1 aliphatic heterocycles. The number of hydrogen-bond donors (Lipinski definition) is 3. The number of aryl methyl sites for hydroxylation is 1. The predicted octanol–water partition coefficient (Wildman–Crippen LogP) is 9.51. The molecule has 9 nitrogen and oxygen atoms in total. The monoisotopic (exact) mass is 771 g/mol. The molecule has 1 fully saturated rings. The lowest BCUT2D eigenvalue weighted by Gasteiger charge is -2.36. The number of anilines is 1. The molecule has 304 valence electrons. The Morgan fingerprint density at radius 1 is 0.909 bits per heavy atom. The first-order valence-corrected chi connectivity index (χ1v) is 19.0. The van der Waals surface area contributed by atoms with E-state index in [0.717, 1.165) is 49.2 Å². The molecule has 0 saturated carbocycles. The van der Waals surface area contributed by atoms with Crippen molar-refractivity contribution in [2.45, 2.75) is 87.4 Å². The van der Waals surface area contributed by atoms with Crippen molar-refractivity contribution in [1.29, 1.82) is 0 Å². The SMILES string of the molecule is CC.CC/C=C(/N)CC.CCC(C)C(=Nc1cc(C(=O)N2CCN(c3ccc(F)cc3)CC2)ccc1C)c1cccc(OC(F)(F)F)c1.CCCN=C(N)N. The van der Waals surface area contributed by atoms with Gasteiger partial charge in [-0.15, -0.1) is 13.2 Å². The normalized spacial score (nSPS) is 13.5. The maximum atomic E-state index is 13.4. The van der Waals surface area contributed by atoms with Crippen LogP contribution in [0.1, 0.15) is 95.6 Å². The number of carbonyl (C=O) groups excluding carboxylic acids is 1. The number of rotatable bonds is 11. The number of halogens is 4. The lowest BCUT2D eigenvalue weighted by Crippen LogP contribution is -2.48. The molecule has 1 saturated heterocycles. The van der Waals surface area contributed by atoms with Crippen molar-refractivity contribution in [3.8, 4) is 5.75 Å². The summed E-state index contributed by atoms with van der Waals surface area (Å²) in [5, 5.41) is 0. The number of allylic oxidation sites excluding steroid dienone is 2. The Labute approximate surface area is 325 Å². The van der Waals surface area contributed by atoms with Gasteiger partial charge < -0.3 is 31.7 Å². The zero-order chi connectivity index (χ0) is 41.6. The standard InChI is InChI=1S/C30H31F4N3O2.C6H13N.C4H11N3.C2H6/c1-4-20(2)28(22-6-5-7-26(18-22)39-30(32,33)34)35-27-19-23(9-8-21(27)3)29(38)37-16-14-36(15-17-37)25-12-10-24(31)11-13-25;1-3-5-6(7)4-2;1-2-3-7-4(5)6;1-2/h5-13,18-20H,4,14-17H2,1-3H3;5H,3-4,7H2,1-2H3;2-3H2,1H3,(H4,5,6,7);1-2H3/b;6-5+;;. The molecule has 0 radical (unpaired) electrons. The summed E-state index contributed by atoms with van der Waals surface area (Å²) in [6.45, 7) is 19.0. The van der Waals surface area contributed by atoms with Crippen LogP contribution in [0.25, 0.3) is 0 Å². The molecule has 6 N–H and O–H groups in total. The van der Waals surface area contributed by atoms with Crippen molar-refractivity contribution in [3.63, 3.8) is 0 Å². The van der Waals surface area contributed by atoms with Crippen LogP contribution in [-0.2, 0) is 0 Å². The number of alkyl halides is 3. The summed E-state index contributed by atoms with van der Waals surface area (Å²) in [7, 11) is 0. The molecule has 1 amide bonds. The Kier molecular flexibility index (Phi) is 21.9. The van der Waals surface area contributed by atoms with E-state index in [1.807, 2.05) is 53.7 Å². The molecule has 0 bridgehead atoms. The lowest BCUT2D eigenvalue weighted by molar-refractivity contribution is -0.274. The molecule has 55 heavy (non-hydrogen) atoms. The summed E-state index contributed by atoms with van der Waals surface area (Å²) in [5.74, 6) is -0.581. The number of nitrogens with zero attached hydrogens (tertiary/aromatic N) is 4. The fourth-order valence-corrected chi connectivity index (χ4v) is 5.15. The second kappa shape index (κ2) is 25.1. The maximum Gasteiger partial charge on any atom is 0.573 e. The number of ether oxygens (including phenoxy) is 1. The van der Waals surface area contributed by atoms with E-state index in [1.165, 1.54) is 30.3 Å². The van der Waals surface area contributed by atoms with E-state index in [-0.39, 0.29) is 29.4 Å². The van der Waals surface area contributed by atoms with Crippen LogP contribution in [0.15, 0.2) is 88.5 Å². The number of carbonyl (C=O) groups is 1. The number of amides is 1. The first-order valence-electron chi connectivity index (χ1n) is 19.0. The lowest BCUT2D eigenvalue weighted by atomic mass is 9.95. The fourth-order valence-electron chi connectivity index (χ4n) is 5.15. The van der Waals surface area contributed by atoms with Crippen LogP contribution >= 0.6 is 0 Å². The summed E-state index contributed by atoms with van der Waals surface area (Å²) >= 11 is 0. The maximum absolute atomic E-state index is 13.4. The van der Waals surface area contributed by atoms with Crippen molar-refractivity contribution in [2.75, 3.05) is 37.6 Å². The van der Waals surface area contributed by atoms with Crippen molar-refractivity contribution in [3.05, 3.63) is 101 Å². The molecular formula is C42H61F4N7O2. The third kappa shape index (κ3) is 17.7. The summed E-state index contributed by atoms with van der Waals surface area (Å²) in [5.41, 5.74) is 20.4. The molecule has 1 unspecified atom stereocenters. The molecule has 1 aliphatic rings. The van der Waals surface area contributed by atoms with Crippen LogP contribution in [0.4, 0.5) is 28.9 Å². The van der Waals surface area contributed by atoms with E-state index in [1.54, 1.807) is 35.2 Å². The van der Waals surface area contributed by atoms with Crippen molar-refractivity contribution >= 4 is 29.0 Å². The number of piperazine rings is 1. The minimum atomic E-state index is -4.79. The molecule has 0 spiro atoms. The van der Waals surface area contributed by atoms with Crippen LogP contribution in [0.5, 0.6) is 5.75 Å². The largest absolute Gasteiger partial charge is 0.573 e. The number of guanidine groups is 1. The topological polar surface area (TPSA) is 136 Å². The second-order valence-corrected chi connectivity index (χ2v) is 12.5. The van der Waals surface area contributed by atoms with E-state index in [9.17, 15) is 22.4 Å². The Bertz CT molecular complexity index is 1660. The number of aliphatic imine (C=N–C) groups is 2. The summed E-state index contributed by atoms with van der Waals surface area (Å²) in [6.07, 6.45) is 1.01. The van der Waals surface area contributed by atoms with Gasteiger partial charge in [0.05, 0.1) is 11.4 Å². The van der Waals surface area contributed by atoms with Crippen LogP contribution in [0, 0.1) is 18.7 Å². The summed E-state index contributed by atoms with van der Waals surface area (Å²) in [4.78, 5) is 25.8. The Morgan fingerprint density at radius 3 is 2.04 bits per heavy atom. The van der Waals surface area contributed by atoms with Gasteiger partial charge in [-0.1, -0.05) is 72.7 Å². The van der Waals surface area contributed by atoms with Crippen LogP contribution < -0.4 is 26.8 Å². The Morgan fingerprint density at radius 2 is 1.55 bits per heavy atom. The number of nitrogens with two attached hydrogens (primary N) is 3. The minimum Gasteiger partial charge on any atom is -0.406 e. The first-order chi connectivity index (χ1) is 26.1. The van der Waals surface area contributed by atoms with Crippen molar-refractivity contribution < 1.29 is 27.1 Å². The molecule has 1 heterocycles. The second-order valence-electron chi connectivity index (χ2n) is 12.5. The van der Waals surface area contributed by atoms with Gasteiger partial charge in [0, 0.05) is 49.7 Å². The Balaban J connectivity index is 0.000000796. The molecule has 3 aromatic rings. The van der Waals surface area contributed by atoms with Gasteiger partial charge in [-0.25, -0.2) is 4.39 Å². The molecule has 13 heteroatoms. The highest BCUT2D eigenvalue weighted by Crippen LogP contribution is 2.29. The van der Waals surface area contributed by atoms with E-state index >= 15 is 0 Å². The van der Waals surface area contributed by atoms with E-state index in [4.69, 9.17) is 22.2 Å². The van der Waals surface area contributed by atoms with Crippen LogP contribution in [0.2, 0.25) is 0 Å². The predicted molar refractivity (Wildman–Crippen MR) is 220 cm³/mol. The van der Waals surface area contributed by atoms with Crippen LogP contribution in [-0.4, -0.2) is 61.6 Å². The van der Waals surface area contributed by atoms with Gasteiger partial charge in [-0.05, 0) is 98.2 Å². The van der Waals surface area contributed by atoms with Crippen molar-refractivity contribution in [2.24, 2.45) is 33.1 Å². The van der Waals surface area contributed by atoms with Gasteiger partial charge in [-0.2, -0.15) is 0 Å². The number of hydrogen-bond acceptors (Lipinski definition) is 6. The zero-order valence-electron chi connectivity index (χ0n) is 33.7. The van der Waals surface area contributed by atoms with Gasteiger partial charge in [0.25, 0.3) is 5.91 Å². The summed E-state index contributed by atoms with van der Waals surface area (Å²) in [6, 6.07) is 17.5. The van der Waals surface area contributed by atoms with Gasteiger partial charge >= 0.3 is 6.36 Å². The molecule has 0 aliphatic carbocycles. The smallest absolute Gasteiger partial charge is 0.406 e. The Hall–Kier alpha value is -5.07. The molecule has 3 aromatic carbocycles. The van der Waals surface area contributed by atoms with Gasteiger partial charge in [-0.3, -0.25) is 14.8 Å². The molecule has 4 rings (SSSR count). The van der Waals surface area contributed by atoms with E-state index in [2.05, 4.69) is 28.5 Å². The highest BCUT2D eigenvalue weighted by atomic mass is 19.4. The molecule has 0 aromatic heterocycles. The quantitative estimate of drug-likeness (QED) is 0.101.